The molecule has 0 radical (unpaired) electrons. The number of nitrogens with zero attached hydrogens (tertiary/aromatic N) is 3. The highest BCUT2D eigenvalue weighted by molar-refractivity contribution is 7.89. The molecule has 7 nitrogen and oxygen atoms in total. The quantitative estimate of drug-likeness (QED) is 0.618. The Kier molecular flexibility index (Phi) is 7.16. The molecule has 1 atom stereocenters. The van der Waals surface area contributed by atoms with E-state index in [2.05, 4.69) is 17.9 Å². The third-order valence-electron chi connectivity index (χ3n) is 6.41. The predicted octanol–water partition coefficient (Wildman–Crippen LogP) is 3.49. The average molecular weight is 492 g/mol. The van der Waals surface area contributed by atoms with Crippen LogP contribution in [-0.2, 0) is 14.8 Å². The monoisotopic (exact) mass is 491 g/mol. The zero-order valence-electron chi connectivity index (χ0n) is 19.0. The second-order valence-electron chi connectivity index (χ2n) is 8.60. The molecule has 0 aromatic heterocycles. The molecule has 2 aliphatic heterocycles. The lowest BCUT2D eigenvalue weighted by atomic mass is 9.96. The minimum atomic E-state index is -3.58. The molecule has 2 aromatic carbocycles. The van der Waals surface area contributed by atoms with Crippen molar-refractivity contribution in [1.82, 2.24) is 9.21 Å². The van der Waals surface area contributed by atoms with Crippen LogP contribution >= 0.6 is 11.6 Å². The van der Waals surface area contributed by atoms with E-state index in [1.165, 1.54) is 16.4 Å². The highest BCUT2D eigenvalue weighted by Gasteiger charge is 2.34. The standard InChI is InChI=1S/C24H30ClN3O4S/c1-3-27-17-20(32-23-7-5-4-6-22(23)27)16-26(2)24(29)18-12-14-28(15-13-18)33(30,31)21-10-8-19(25)9-11-21/h4-11,18,20H,3,12-17H2,1-2H3/t20-/m0/s1. The van der Waals surface area contributed by atoms with Gasteiger partial charge in [0.05, 0.1) is 23.7 Å². The molecule has 178 valence electrons. The first kappa shape index (κ1) is 23.9. The number of rotatable bonds is 6. The molecule has 0 aliphatic carbocycles. The van der Waals surface area contributed by atoms with Gasteiger partial charge in [-0.3, -0.25) is 4.79 Å². The molecule has 2 aromatic rings. The van der Waals surface area contributed by atoms with E-state index in [4.69, 9.17) is 16.3 Å². The van der Waals surface area contributed by atoms with Crippen molar-refractivity contribution in [2.45, 2.75) is 30.8 Å². The Balaban J connectivity index is 1.34. The van der Waals surface area contributed by atoms with E-state index in [1.54, 1.807) is 24.1 Å². The Hall–Kier alpha value is -2.29. The number of benzene rings is 2. The number of fused-ring (bicyclic) bond motifs is 1. The predicted molar refractivity (Wildman–Crippen MR) is 129 cm³/mol. The summed E-state index contributed by atoms with van der Waals surface area (Å²) in [6.45, 7) is 4.85. The fourth-order valence-electron chi connectivity index (χ4n) is 4.58. The zero-order chi connectivity index (χ0) is 23.6. The minimum Gasteiger partial charge on any atom is -0.485 e. The summed E-state index contributed by atoms with van der Waals surface area (Å²) in [5.41, 5.74) is 1.08. The molecule has 33 heavy (non-hydrogen) atoms. The lowest BCUT2D eigenvalue weighted by Gasteiger charge is -2.38. The Morgan fingerprint density at radius 2 is 1.79 bits per heavy atom. The van der Waals surface area contributed by atoms with E-state index in [0.717, 1.165) is 24.5 Å². The van der Waals surface area contributed by atoms with Gasteiger partial charge in [-0.2, -0.15) is 4.31 Å². The number of ether oxygens (including phenoxy) is 1. The molecule has 4 rings (SSSR count). The summed E-state index contributed by atoms with van der Waals surface area (Å²) >= 11 is 5.88. The smallest absolute Gasteiger partial charge is 0.243 e. The first-order valence-electron chi connectivity index (χ1n) is 11.3. The molecule has 9 heteroatoms. The van der Waals surface area contributed by atoms with Crippen LogP contribution in [0.2, 0.25) is 5.02 Å². The molecule has 1 fully saturated rings. The first-order valence-corrected chi connectivity index (χ1v) is 13.1. The molecule has 0 spiro atoms. The number of carbonyl (C=O) groups excluding carboxylic acids is 1. The van der Waals surface area contributed by atoms with Crippen LogP contribution in [0.4, 0.5) is 5.69 Å². The van der Waals surface area contributed by atoms with Crippen LogP contribution in [0.3, 0.4) is 0 Å². The van der Waals surface area contributed by atoms with Crippen molar-refractivity contribution in [2.24, 2.45) is 5.92 Å². The van der Waals surface area contributed by atoms with Crippen LogP contribution in [0.1, 0.15) is 19.8 Å². The zero-order valence-corrected chi connectivity index (χ0v) is 20.6. The van der Waals surface area contributed by atoms with Gasteiger partial charge in [-0.05, 0) is 56.2 Å². The van der Waals surface area contributed by atoms with Gasteiger partial charge in [0.25, 0.3) is 0 Å². The Labute approximate surface area is 200 Å². The Morgan fingerprint density at radius 3 is 2.45 bits per heavy atom. The Morgan fingerprint density at radius 1 is 1.12 bits per heavy atom. The second-order valence-corrected chi connectivity index (χ2v) is 11.0. The number of amides is 1. The van der Waals surface area contributed by atoms with E-state index in [-0.39, 0.29) is 22.8 Å². The maximum Gasteiger partial charge on any atom is 0.243 e. The number of likely N-dealkylation sites (N-methyl/N-ethyl adjacent to an activating group) is 2. The van der Waals surface area contributed by atoms with E-state index < -0.39 is 10.0 Å². The van der Waals surface area contributed by atoms with Crippen LogP contribution in [0.25, 0.3) is 0 Å². The van der Waals surface area contributed by atoms with Crippen LogP contribution in [-0.4, -0.2) is 69.4 Å². The SMILES string of the molecule is CCN1C[C@H](CN(C)C(=O)C2CCN(S(=O)(=O)c3ccc(Cl)cc3)CC2)Oc2ccccc21. The van der Waals surface area contributed by atoms with Crippen molar-refractivity contribution in [3.63, 3.8) is 0 Å². The summed E-state index contributed by atoms with van der Waals surface area (Å²) in [7, 11) is -1.78. The van der Waals surface area contributed by atoms with E-state index in [1.807, 2.05) is 18.2 Å². The molecule has 2 heterocycles. The molecular weight excluding hydrogens is 462 g/mol. The average Bonchev–Trinajstić information content (AvgIpc) is 2.83. The highest BCUT2D eigenvalue weighted by atomic mass is 35.5. The number of hydrogen-bond acceptors (Lipinski definition) is 5. The summed E-state index contributed by atoms with van der Waals surface area (Å²) in [6, 6.07) is 14.2. The van der Waals surface area contributed by atoms with Crippen LogP contribution in [0.15, 0.2) is 53.4 Å². The molecule has 2 aliphatic rings. The lowest BCUT2D eigenvalue weighted by molar-refractivity contribution is -0.136. The van der Waals surface area contributed by atoms with Crippen LogP contribution in [0, 0.1) is 5.92 Å². The normalized spacial score (nSPS) is 19.6. The number of anilines is 1. The van der Waals surface area contributed by atoms with E-state index in [0.29, 0.717) is 37.5 Å². The van der Waals surface area contributed by atoms with Gasteiger partial charge < -0.3 is 14.5 Å². The second kappa shape index (κ2) is 9.91. The molecule has 0 unspecified atom stereocenters. The largest absolute Gasteiger partial charge is 0.485 e. The number of sulfonamides is 1. The lowest BCUT2D eigenvalue weighted by Crippen LogP contribution is -2.49. The molecule has 1 saturated heterocycles. The molecule has 0 N–H and O–H groups in total. The van der Waals surface area contributed by atoms with Crippen LogP contribution < -0.4 is 9.64 Å². The Bertz CT molecular complexity index is 1090. The van der Waals surface area contributed by atoms with Gasteiger partial charge in [-0.15, -0.1) is 0 Å². The fraction of sp³-hybridized carbons (Fsp3) is 0.458. The van der Waals surface area contributed by atoms with Crippen molar-refractivity contribution in [3.8, 4) is 5.75 Å². The number of carbonyl (C=O) groups is 1. The van der Waals surface area contributed by atoms with Crippen molar-refractivity contribution >= 4 is 33.2 Å². The van der Waals surface area contributed by atoms with Gasteiger partial charge in [0.1, 0.15) is 11.9 Å². The fourth-order valence-corrected chi connectivity index (χ4v) is 6.18. The van der Waals surface area contributed by atoms with Gasteiger partial charge in [-0.1, -0.05) is 23.7 Å². The van der Waals surface area contributed by atoms with Crippen molar-refractivity contribution in [1.29, 1.82) is 0 Å². The van der Waals surface area contributed by atoms with Crippen molar-refractivity contribution < 1.29 is 17.9 Å². The third kappa shape index (κ3) is 5.13. The molecule has 1 amide bonds. The highest BCUT2D eigenvalue weighted by Crippen LogP contribution is 2.33. The first-order chi connectivity index (χ1) is 15.8. The maximum absolute atomic E-state index is 13.1. The van der Waals surface area contributed by atoms with E-state index in [9.17, 15) is 13.2 Å². The summed E-state index contributed by atoms with van der Waals surface area (Å²) in [5, 5.41) is 0.494. The van der Waals surface area contributed by atoms with Crippen molar-refractivity contribution in [2.75, 3.05) is 44.7 Å². The number of piperidine rings is 1. The topological polar surface area (TPSA) is 70.2 Å². The molecular formula is C24H30ClN3O4S. The van der Waals surface area contributed by atoms with Gasteiger partial charge in [0.15, 0.2) is 0 Å². The van der Waals surface area contributed by atoms with Gasteiger partial charge in [-0.25, -0.2) is 8.42 Å². The third-order valence-corrected chi connectivity index (χ3v) is 8.58. The van der Waals surface area contributed by atoms with E-state index >= 15 is 0 Å². The van der Waals surface area contributed by atoms with Gasteiger partial charge >= 0.3 is 0 Å². The number of hydrogen-bond donors (Lipinski definition) is 0. The van der Waals surface area contributed by atoms with Gasteiger partial charge in [0, 0.05) is 37.6 Å². The maximum atomic E-state index is 13.1. The molecule has 0 bridgehead atoms. The van der Waals surface area contributed by atoms with Crippen molar-refractivity contribution in [3.05, 3.63) is 53.6 Å². The summed E-state index contributed by atoms with van der Waals surface area (Å²) in [6.07, 6.45) is 0.899. The minimum absolute atomic E-state index is 0.0454. The summed E-state index contributed by atoms with van der Waals surface area (Å²) in [4.78, 5) is 17.3. The van der Waals surface area contributed by atoms with Crippen LogP contribution in [0.5, 0.6) is 5.75 Å². The molecule has 0 saturated carbocycles. The summed E-state index contributed by atoms with van der Waals surface area (Å²) < 4.78 is 33.4. The number of para-hydroxylation sites is 2. The summed E-state index contributed by atoms with van der Waals surface area (Å²) in [5.74, 6) is 0.700. The number of halogens is 1. The van der Waals surface area contributed by atoms with Gasteiger partial charge in [0.2, 0.25) is 15.9 Å².